The maximum absolute atomic E-state index is 12.1. The van der Waals surface area contributed by atoms with Crippen LogP contribution in [0.2, 0.25) is 0 Å². The van der Waals surface area contributed by atoms with Crippen molar-refractivity contribution >= 4 is 15.7 Å². The number of rotatable bonds is 4. The lowest BCUT2D eigenvalue weighted by Crippen LogP contribution is -2.50. The van der Waals surface area contributed by atoms with Crippen LogP contribution in [-0.4, -0.2) is 49.4 Å². The van der Waals surface area contributed by atoms with E-state index in [9.17, 15) is 13.2 Å². The highest BCUT2D eigenvalue weighted by atomic mass is 32.2. The van der Waals surface area contributed by atoms with Crippen LogP contribution in [0.3, 0.4) is 0 Å². The first-order chi connectivity index (χ1) is 7.63. The Kier molecular flexibility index (Phi) is 4.19. The summed E-state index contributed by atoms with van der Waals surface area (Å²) >= 11 is 0. The fourth-order valence-corrected chi connectivity index (χ4v) is 2.86. The zero-order chi connectivity index (χ0) is 13.3. The monoisotopic (exact) mass is 262 g/mol. The Labute approximate surface area is 103 Å². The Bertz CT molecular complexity index is 390. The highest BCUT2D eigenvalue weighted by Gasteiger charge is 2.37. The smallest absolute Gasteiger partial charge is 0.239 e. The predicted molar refractivity (Wildman–Crippen MR) is 67.3 cm³/mol. The lowest BCUT2D eigenvalue weighted by Gasteiger charge is -2.33. The molecular weight excluding hydrogens is 240 g/mol. The first-order valence-electron chi connectivity index (χ1n) is 5.88. The molecule has 0 saturated carbocycles. The Morgan fingerprint density at radius 2 is 2.06 bits per heavy atom. The van der Waals surface area contributed by atoms with Crippen molar-refractivity contribution in [1.82, 2.24) is 4.90 Å². The number of amides is 1. The van der Waals surface area contributed by atoms with E-state index in [0.29, 0.717) is 0 Å². The molecule has 0 aromatic heterocycles. The Balaban J connectivity index is 2.58. The first-order valence-corrected chi connectivity index (χ1v) is 7.94. The molecule has 1 atom stereocenters. The zero-order valence-corrected chi connectivity index (χ0v) is 11.6. The maximum atomic E-state index is 12.1. The lowest BCUT2D eigenvalue weighted by atomic mass is 10.0. The summed E-state index contributed by atoms with van der Waals surface area (Å²) in [4.78, 5) is 13.9. The van der Waals surface area contributed by atoms with Crippen molar-refractivity contribution in [2.75, 3.05) is 18.6 Å². The van der Waals surface area contributed by atoms with E-state index in [1.807, 2.05) is 13.8 Å². The number of likely N-dealkylation sites (tertiary alicyclic amines) is 1. The summed E-state index contributed by atoms with van der Waals surface area (Å²) in [6, 6.07) is -0.706. The van der Waals surface area contributed by atoms with Crippen LogP contribution in [0.4, 0.5) is 0 Å². The molecule has 5 nitrogen and oxygen atoms in total. The average Bonchev–Trinajstić information content (AvgIpc) is 2.52. The van der Waals surface area contributed by atoms with Gasteiger partial charge in [-0.2, -0.15) is 0 Å². The third kappa shape index (κ3) is 3.96. The van der Waals surface area contributed by atoms with E-state index in [1.54, 1.807) is 4.90 Å². The van der Waals surface area contributed by atoms with Gasteiger partial charge in [-0.1, -0.05) is 0 Å². The van der Waals surface area contributed by atoms with Gasteiger partial charge in [0.05, 0.1) is 11.8 Å². The van der Waals surface area contributed by atoms with Crippen LogP contribution in [0.15, 0.2) is 0 Å². The summed E-state index contributed by atoms with van der Waals surface area (Å²) in [5.41, 5.74) is 5.62. The first kappa shape index (κ1) is 14.4. The van der Waals surface area contributed by atoms with E-state index >= 15 is 0 Å². The summed E-state index contributed by atoms with van der Waals surface area (Å²) in [6.45, 7) is 4.75. The van der Waals surface area contributed by atoms with Crippen molar-refractivity contribution in [3.8, 4) is 0 Å². The van der Waals surface area contributed by atoms with Crippen LogP contribution in [0.25, 0.3) is 0 Å². The molecular formula is C11H22N2O3S. The summed E-state index contributed by atoms with van der Waals surface area (Å²) in [5.74, 6) is -0.162. The minimum absolute atomic E-state index is 0.0336. The molecule has 6 heteroatoms. The molecule has 17 heavy (non-hydrogen) atoms. The van der Waals surface area contributed by atoms with Gasteiger partial charge in [0.1, 0.15) is 9.84 Å². The number of carbonyl (C=O) groups excluding carboxylic acids is 1. The van der Waals surface area contributed by atoms with E-state index in [0.717, 1.165) is 25.6 Å². The van der Waals surface area contributed by atoms with Gasteiger partial charge in [-0.15, -0.1) is 0 Å². The van der Waals surface area contributed by atoms with Gasteiger partial charge >= 0.3 is 0 Å². The molecule has 100 valence electrons. The van der Waals surface area contributed by atoms with Gasteiger partial charge in [-0.05, 0) is 33.1 Å². The highest BCUT2D eigenvalue weighted by molar-refractivity contribution is 7.90. The van der Waals surface area contributed by atoms with Crippen molar-refractivity contribution in [1.29, 1.82) is 0 Å². The molecule has 1 aliphatic rings. The molecule has 1 aliphatic heterocycles. The number of sulfone groups is 1. The molecule has 1 heterocycles. The second-order valence-corrected chi connectivity index (χ2v) is 7.69. The minimum Gasteiger partial charge on any atom is -0.336 e. The molecule has 0 bridgehead atoms. The highest BCUT2D eigenvalue weighted by Crippen LogP contribution is 2.28. The number of carbonyl (C=O) groups is 1. The predicted octanol–water partition coefficient (Wildman–Crippen LogP) is 0.149. The van der Waals surface area contributed by atoms with Gasteiger partial charge in [0.15, 0.2) is 0 Å². The molecule has 2 N–H and O–H groups in total. The third-order valence-electron chi connectivity index (χ3n) is 3.28. The van der Waals surface area contributed by atoms with Crippen molar-refractivity contribution in [2.45, 2.75) is 44.7 Å². The van der Waals surface area contributed by atoms with E-state index < -0.39 is 15.9 Å². The Morgan fingerprint density at radius 3 is 2.47 bits per heavy atom. The van der Waals surface area contributed by atoms with Gasteiger partial charge in [0, 0.05) is 18.3 Å². The Hall–Kier alpha value is -0.620. The second-order valence-electron chi connectivity index (χ2n) is 5.43. The summed E-state index contributed by atoms with van der Waals surface area (Å²) in [6.07, 6.45) is 3.31. The third-order valence-corrected chi connectivity index (χ3v) is 4.26. The standard InChI is InChI=1S/C11H22N2O3S/c1-11(2)6-4-7-13(11)10(14)9(12)5-8-17(3,15)16/h9H,4-8,12H2,1-3H3. The van der Waals surface area contributed by atoms with Crippen molar-refractivity contribution < 1.29 is 13.2 Å². The fraction of sp³-hybridized carbons (Fsp3) is 0.909. The van der Waals surface area contributed by atoms with Gasteiger partial charge in [-0.3, -0.25) is 4.79 Å². The van der Waals surface area contributed by atoms with Gasteiger partial charge in [0.2, 0.25) is 5.91 Å². The van der Waals surface area contributed by atoms with Crippen LogP contribution >= 0.6 is 0 Å². The summed E-state index contributed by atoms with van der Waals surface area (Å²) in [5, 5.41) is 0. The molecule has 1 fully saturated rings. The van der Waals surface area contributed by atoms with Crippen molar-refractivity contribution in [3.05, 3.63) is 0 Å². The Morgan fingerprint density at radius 1 is 1.47 bits per heavy atom. The SMILES string of the molecule is CC1(C)CCCN1C(=O)C(N)CCS(C)(=O)=O. The quantitative estimate of drug-likeness (QED) is 0.782. The van der Waals surface area contributed by atoms with Gasteiger partial charge in [-0.25, -0.2) is 8.42 Å². The average molecular weight is 262 g/mol. The van der Waals surface area contributed by atoms with Crippen molar-refractivity contribution in [2.24, 2.45) is 5.73 Å². The molecule has 0 radical (unpaired) electrons. The normalized spacial score (nSPS) is 21.5. The fourth-order valence-electron chi connectivity index (χ4n) is 2.18. The molecule has 0 aliphatic carbocycles. The molecule has 1 unspecified atom stereocenters. The van der Waals surface area contributed by atoms with Crippen LogP contribution in [0.1, 0.15) is 33.1 Å². The zero-order valence-electron chi connectivity index (χ0n) is 10.8. The van der Waals surface area contributed by atoms with Crippen LogP contribution < -0.4 is 5.73 Å². The van der Waals surface area contributed by atoms with Gasteiger partial charge < -0.3 is 10.6 Å². The molecule has 1 saturated heterocycles. The lowest BCUT2D eigenvalue weighted by molar-refractivity contribution is -0.135. The van der Waals surface area contributed by atoms with Gasteiger partial charge in [0.25, 0.3) is 0 Å². The number of hydrogen-bond acceptors (Lipinski definition) is 4. The molecule has 1 rings (SSSR count). The maximum Gasteiger partial charge on any atom is 0.239 e. The van der Waals surface area contributed by atoms with Crippen LogP contribution in [-0.2, 0) is 14.6 Å². The van der Waals surface area contributed by atoms with E-state index in [1.165, 1.54) is 0 Å². The van der Waals surface area contributed by atoms with E-state index in [-0.39, 0.29) is 23.6 Å². The molecule has 0 aromatic carbocycles. The molecule has 0 spiro atoms. The summed E-state index contributed by atoms with van der Waals surface area (Å²) in [7, 11) is -3.06. The molecule has 1 amide bonds. The van der Waals surface area contributed by atoms with Crippen LogP contribution in [0, 0.1) is 0 Å². The summed E-state index contributed by atoms with van der Waals surface area (Å²) < 4.78 is 22.1. The van der Waals surface area contributed by atoms with E-state index in [2.05, 4.69) is 0 Å². The van der Waals surface area contributed by atoms with Crippen LogP contribution in [0.5, 0.6) is 0 Å². The molecule has 0 aromatic rings. The number of nitrogens with zero attached hydrogens (tertiary/aromatic N) is 1. The second kappa shape index (κ2) is 4.94. The topological polar surface area (TPSA) is 80.5 Å². The van der Waals surface area contributed by atoms with Crippen molar-refractivity contribution in [3.63, 3.8) is 0 Å². The number of hydrogen-bond donors (Lipinski definition) is 1. The minimum atomic E-state index is -3.06. The van der Waals surface area contributed by atoms with E-state index in [4.69, 9.17) is 5.73 Å². The number of nitrogens with two attached hydrogens (primary N) is 1. The largest absolute Gasteiger partial charge is 0.336 e.